The number of guanidine groups is 1. The zero-order valence-corrected chi connectivity index (χ0v) is 22.8. The predicted octanol–water partition coefficient (Wildman–Crippen LogP) is 3.83. The van der Waals surface area contributed by atoms with Crippen LogP contribution in [0.15, 0.2) is 47.5 Å². The first-order chi connectivity index (χ1) is 15.5. The van der Waals surface area contributed by atoms with Crippen LogP contribution in [0.5, 0.6) is 11.5 Å². The van der Waals surface area contributed by atoms with Crippen LogP contribution in [-0.4, -0.2) is 65.5 Å². The first kappa shape index (κ1) is 29.0. The normalized spacial score (nSPS) is 11.2. The van der Waals surface area contributed by atoms with Gasteiger partial charge in [0, 0.05) is 39.4 Å². The van der Waals surface area contributed by atoms with Crippen LogP contribution in [0.1, 0.15) is 23.1 Å². The van der Waals surface area contributed by atoms with Crippen LogP contribution >= 0.6 is 24.0 Å². The molecular weight excluding hydrogens is 531 g/mol. The monoisotopic (exact) mass is 570 g/mol. The lowest BCUT2D eigenvalue weighted by Crippen LogP contribution is -2.36. The highest BCUT2D eigenvalue weighted by molar-refractivity contribution is 14.0. The van der Waals surface area contributed by atoms with Crippen molar-refractivity contribution in [2.24, 2.45) is 4.99 Å². The fraction of sp³-hybridized carbons (Fsp3) is 0.480. The van der Waals surface area contributed by atoms with Crippen molar-refractivity contribution in [3.8, 4) is 11.5 Å². The molecule has 0 amide bonds. The molecule has 2 aromatic carbocycles. The SMILES string of the molecule is CN=C(NCc1ccc(OCCCN(C)C)cc1)NCc1ccc(C)cc1OCCOC.I. The summed E-state index contributed by atoms with van der Waals surface area (Å²) in [5.74, 6) is 2.50. The Hall–Kier alpha value is -2.04. The molecule has 0 fully saturated rings. The summed E-state index contributed by atoms with van der Waals surface area (Å²) >= 11 is 0. The van der Waals surface area contributed by atoms with Gasteiger partial charge in [-0.3, -0.25) is 4.99 Å². The molecule has 0 spiro atoms. The van der Waals surface area contributed by atoms with Crippen molar-refractivity contribution in [1.29, 1.82) is 0 Å². The number of methoxy groups -OCH3 is 1. The third-order valence-corrected chi connectivity index (χ3v) is 4.84. The van der Waals surface area contributed by atoms with Crippen LogP contribution in [0.25, 0.3) is 0 Å². The average Bonchev–Trinajstić information content (AvgIpc) is 2.79. The molecule has 0 aliphatic rings. The molecular formula is C25H39IN4O3. The summed E-state index contributed by atoms with van der Waals surface area (Å²) in [7, 11) is 7.58. The Bertz CT molecular complexity index is 829. The van der Waals surface area contributed by atoms with Crippen LogP contribution in [0, 0.1) is 6.92 Å². The van der Waals surface area contributed by atoms with Gasteiger partial charge in [-0.25, -0.2) is 0 Å². The molecule has 2 rings (SSSR count). The molecule has 0 atom stereocenters. The van der Waals surface area contributed by atoms with E-state index in [1.807, 2.05) is 18.2 Å². The van der Waals surface area contributed by atoms with Crippen molar-refractivity contribution >= 4 is 29.9 Å². The predicted molar refractivity (Wildman–Crippen MR) is 146 cm³/mol. The second-order valence-corrected chi connectivity index (χ2v) is 7.88. The highest BCUT2D eigenvalue weighted by Crippen LogP contribution is 2.20. The highest BCUT2D eigenvalue weighted by atomic mass is 127. The lowest BCUT2D eigenvalue weighted by molar-refractivity contribution is 0.145. The van der Waals surface area contributed by atoms with Gasteiger partial charge in [0.2, 0.25) is 0 Å². The number of aliphatic imine (C=N–C) groups is 1. The molecule has 33 heavy (non-hydrogen) atoms. The summed E-state index contributed by atoms with van der Waals surface area (Å²) in [5.41, 5.74) is 3.40. The van der Waals surface area contributed by atoms with Gasteiger partial charge in [0.15, 0.2) is 5.96 Å². The minimum absolute atomic E-state index is 0. The summed E-state index contributed by atoms with van der Waals surface area (Å²) < 4.78 is 16.8. The summed E-state index contributed by atoms with van der Waals surface area (Å²) in [6, 6.07) is 14.4. The van der Waals surface area contributed by atoms with E-state index in [1.165, 1.54) is 0 Å². The van der Waals surface area contributed by atoms with E-state index in [-0.39, 0.29) is 24.0 Å². The molecule has 0 saturated carbocycles. The van der Waals surface area contributed by atoms with E-state index in [1.54, 1.807) is 14.2 Å². The summed E-state index contributed by atoms with van der Waals surface area (Å²) in [4.78, 5) is 6.49. The van der Waals surface area contributed by atoms with E-state index in [0.29, 0.717) is 26.3 Å². The number of hydrogen-bond donors (Lipinski definition) is 2. The molecule has 2 aromatic rings. The molecule has 0 aliphatic heterocycles. The quantitative estimate of drug-likeness (QED) is 0.165. The number of rotatable bonds is 13. The first-order valence-corrected chi connectivity index (χ1v) is 11.0. The minimum atomic E-state index is 0. The van der Waals surface area contributed by atoms with E-state index >= 15 is 0 Å². The number of nitrogens with zero attached hydrogens (tertiary/aromatic N) is 2. The number of aryl methyl sites for hydroxylation is 1. The van der Waals surface area contributed by atoms with Crippen molar-refractivity contribution in [1.82, 2.24) is 15.5 Å². The maximum absolute atomic E-state index is 5.87. The molecule has 8 heteroatoms. The van der Waals surface area contributed by atoms with Crippen molar-refractivity contribution in [2.75, 3.05) is 54.6 Å². The smallest absolute Gasteiger partial charge is 0.191 e. The number of ether oxygens (including phenoxy) is 3. The molecule has 0 aliphatic carbocycles. The Kier molecular flexibility index (Phi) is 14.5. The van der Waals surface area contributed by atoms with Crippen LogP contribution in [0.4, 0.5) is 0 Å². The van der Waals surface area contributed by atoms with E-state index in [2.05, 4.69) is 65.8 Å². The van der Waals surface area contributed by atoms with Crippen molar-refractivity contribution in [3.63, 3.8) is 0 Å². The Morgan fingerprint density at radius 2 is 1.67 bits per heavy atom. The Morgan fingerprint density at radius 3 is 2.33 bits per heavy atom. The van der Waals surface area contributed by atoms with Crippen LogP contribution < -0.4 is 20.1 Å². The largest absolute Gasteiger partial charge is 0.494 e. The van der Waals surface area contributed by atoms with Gasteiger partial charge < -0.3 is 29.7 Å². The van der Waals surface area contributed by atoms with Gasteiger partial charge in [0.1, 0.15) is 18.1 Å². The molecule has 0 heterocycles. The lowest BCUT2D eigenvalue weighted by atomic mass is 10.1. The van der Waals surface area contributed by atoms with Crippen LogP contribution in [0.2, 0.25) is 0 Å². The standard InChI is InChI=1S/C25H38N4O3.HI/c1-20-7-10-22(24(17-20)32-16-15-30-5)19-28-25(26-2)27-18-21-8-11-23(12-9-21)31-14-6-13-29(3)4;/h7-12,17H,6,13-16,18-19H2,1-5H3,(H2,26,27,28);1H. The number of halogens is 1. The fourth-order valence-electron chi connectivity index (χ4n) is 3.04. The second-order valence-electron chi connectivity index (χ2n) is 7.88. The maximum Gasteiger partial charge on any atom is 0.191 e. The summed E-state index contributed by atoms with van der Waals surface area (Å²) in [5, 5.41) is 6.72. The van der Waals surface area contributed by atoms with E-state index in [9.17, 15) is 0 Å². The topological polar surface area (TPSA) is 67.4 Å². The van der Waals surface area contributed by atoms with Gasteiger partial charge in [-0.05, 0) is 56.8 Å². The van der Waals surface area contributed by atoms with Crippen molar-refractivity contribution < 1.29 is 14.2 Å². The fourth-order valence-corrected chi connectivity index (χ4v) is 3.04. The van der Waals surface area contributed by atoms with Crippen LogP contribution in [-0.2, 0) is 17.8 Å². The van der Waals surface area contributed by atoms with Gasteiger partial charge in [-0.2, -0.15) is 0 Å². The highest BCUT2D eigenvalue weighted by Gasteiger charge is 2.06. The van der Waals surface area contributed by atoms with E-state index < -0.39 is 0 Å². The average molecular weight is 571 g/mol. The number of nitrogens with one attached hydrogen (secondary N) is 2. The molecule has 7 nitrogen and oxygen atoms in total. The molecule has 0 saturated heterocycles. The molecule has 184 valence electrons. The summed E-state index contributed by atoms with van der Waals surface area (Å²) in [6.07, 6.45) is 1.01. The van der Waals surface area contributed by atoms with Gasteiger partial charge in [-0.1, -0.05) is 24.3 Å². The molecule has 0 aromatic heterocycles. The maximum atomic E-state index is 5.87. The lowest BCUT2D eigenvalue weighted by Gasteiger charge is -2.15. The third kappa shape index (κ3) is 11.6. The zero-order chi connectivity index (χ0) is 23.2. The number of benzene rings is 2. The molecule has 0 unspecified atom stereocenters. The Balaban J connectivity index is 0.00000544. The first-order valence-electron chi connectivity index (χ1n) is 11.0. The Morgan fingerprint density at radius 1 is 0.939 bits per heavy atom. The summed E-state index contributed by atoms with van der Waals surface area (Å²) in [6.45, 7) is 6.17. The van der Waals surface area contributed by atoms with Gasteiger partial charge in [-0.15, -0.1) is 24.0 Å². The van der Waals surface area contributed by atoms with Gasteiger partial charge >= 0.3 is 0 Å². The van der Waals surface area contributed by atoms with Crippen molar-refractivity contribution in [3.05, 3.63) is 59.2 Å². The van der Waals surface area contributed by atoms with Crippen molar-refractivity contribution in [2.45, 2.75) is 26.4 Å². The zero-order valence-electron chi connectivity index (χ0n) is 20.5. The van der Waals surface area contributed by atoms with E-state index in [4.69, 9.17) is 14.2 Å². The van der Waals surface area contributed by atoms with E-state index in [0.717, 1.165) is 53.7 Å². The number of hydrogen-bond acceptors (Lipinski definition) is 5. The Labute approximate surface area is 215 Å². The molecule has 0 bridgehead atoms. The van der Waals surface area contributed by atoms with Gasteiger partial charge in [0.05, 0.1) is 13.2 Å². The third-order valence-electron chi connectivity index (χ3n) is 4.84. The second kappa shape index (κ2) is 16.6. The molecule has 2 N–H and O–H groups in total. The minimum Gasteiger partial charge on any atom is -0.494 e. The van der Waals surface area contributed by atoms with Crippen LogP contribution in [0.3, 0.4) is 0 Å². The molecule has 0 radical (unpaired) electrons. The van der Waals surface area contributed by atoms with Gasteiger partial charge in [0.25, 0.3) is 0 Å².